The van der Waals surface area contributed by atoms with Crippen molar-refractivity contribution in [1.29, 1.82) is 0 Å². The highest BCUT2D eigenvalue weighted by Gasteiger charge is 2.20. The molecule has 0 amide bonds. The summed E-state index contributed by atoms with van der Waals surface area (Å²) in [5.74, 6) is -0.221. The maximum atomic E-state index is 13.9. The molecule has 1 aromatic carbocycles. The third-order valence-electron chi connectivity index (χ3n) is 3.90. The lowest BCUT2D eigenvalue weighted by Crippen LogP contribution is -2.18. The van der Waals surface area contributed by atoms with Gasteiger partial charge in [-0.25, -0.2) is 4.39 Å². The predicted octanol–water partition coefficient (Wildman–Crippen LogP) is 4.53. The summed E-state index contributed by atoms with van der Waals surface area (Å²) in [5.41, 5.74) is 2.20. The van der Waals surface area contributed by atoms with E-state index in [-0.39, 0.29) is 11.9 Å². The molecule has 1 aliphatic rings. The molecule has 1 aliphatic carbocycles. The molecule has 2 aromatic rings. The average Bonchev–Trinajstić information content (AvgIpc) is 2.98. The largest absolute Gasteiger partial charge is 0.312 e. The molecule has 1 unspecified atom stereocenters. The van der Waals surface area contributed by atoms with Crippen molar-refractivity contribution in [3.63, 3.8) is 0 Å². The molecule has 1 heterocycles. The van der Waals surface area contributed by atoms with Gasteiger partial charge >= 0.3 is 0 Å². The summed E-state index contributed by atoms with van der Waals surface area (Å²) in [6.07, 6.45) is 4.32. The molecular formula is C16H17ClFNS. The van der Waals surface area contributed by atoms with Crippen molar-refractivity contribution in [3.05, 3.63) is 56.0 Å². The molecule has 0 spiro atoms. The normalized spacial score (nSPS) is 15.3. The first kappa shape index (κ1) is 14.1. The van der Waals surface area contributed by atoms with Gasteiger partial charge in [-0.15, -0.1) is 11.3 Å². The van der Waals surface area contributed by atoms with Gasteiger partial charge in [-0.1, -0.05) is 17.7 Å². The van der Waals surface area contributed by atoms with Gasteiger partial charge in [-0.05, 0) is 62.1 Å². The molecule has 3 rings (SSSR count). The third-order valence-corrected chi connectivity index (χ3v) is 5.48. The zero-order chi connectivity index (χ0) is 14.1. The van der Waals surface area contributed by atoms with E-state index in [0.29, 0.717) is 17.0 Å². The Hall–Kier alpha value is -0.900. The van der Waals surface area contributed by atoms with E-state index >= 15 is 0 Å². The van der Waals surface area contributed by atoms with Crippen LogP contribution in [-0.2, 0) is 19.3 Å². The Labute approximate surface area is 127 Å². The van der Waals surface area contributed by atoms with Gasteiger partial charge in [-0.2, -0.15) is 0 Å². The minimum Gasteiger partial charge on any atom is -0.312 e. The minimum atomic E-state index is -0.221. The fourth-order valence-electron chi connectivity index (χ4n) is 2.78. The number of benzene rings is 1. The van der Waals surface area contributed by atoms with E-state index in [0.717, 1.165) is 0 Å². The molecule has 0 saturated carbocycles. The Bertz CT molecular complexity index is 601. The lowest BCUT2D eigenvalue weighted by atomic mass is 10.0. The monoisotopic (exact) mass is 309 g/mol. The van der Waals surface area contributed by atoms with Crippen LogP contribution in [0.15, 0.2) is 24.3 Å². The second-order valence-corrected chi connectivity index (χ2v) is 6.84. The summed E-state index contributed by atoms with van der Waals surface area (Å²) >= 11 is 7.67. The molecular weight excluding hydrogens is 293 g/mol. The van der Waals surface area contributed by atoms with Crippen molar-refractivity contribution >= 4 is 22.9 Å². The number of rotatable bonds is 4. The number of fused-ring (bicyclic) bond motifs is 1. The Morgan fingerprint density at radius 2 is 2.20 bits per heavy atom. The van der Waals surface area contributed by atoms with Crippen LogP contribution in [0.5, 0.6) is 0 Å². The van der Waals surface area contributed by atoms with E-state index in [2.05, 4.69) is 11.4 Å². The summed E-state index contributed by atoms with van der Waals surface area (Å²) in [6.45, 7) is 0. The topological polar surface area (TPSA) is 12.0 Å². The van der Waals surface area contributed by atoms with Gasteiger partial charge in [0, 0.05) is 20.8 Å². The average molecular weight is 310 g/mol. The van der Waals surface area contributed by atoms with Crippen molar-refractivity contribution in [2.24, 2.45) is 0 Å². The molecule has 4 heteroatoms. The summed E-state index contributed by atoms with van der Waals surface area (Å²) in [5, 5.41) is 3.75. The van der Waals surface area contributed by atoms with Gasteiger partial charge in [0.25, 0.3) is 0 Å². The lowest BCUT2D eigenvalue weighted by Gasteiger charge is -2.15. The van der Waals surface area contributed by atoms with Gasteiger partial charge < -0.3 is 5.32 Å². The Kier molecular flexibility index (Phi) is 4.11. The smallest absolute Gasteiger partial charge is 0.127 e. The number of hydrogen-bond donors (Lipinski definition) is 1. The Balaban J connectivity index is 1.82. The molecule has 1 atom stereocenters. The number of aryl methyl sites for hydroxylation is 2. The fraction of sp³-hybridized carbons (Fsp3) is 0.375. The summed E-state index contributed by atoms with van der Waals surface area (Å²) in [6, 6.07) is 7.38. The van der Waals surface area contributed by atoms with Crippen molar-refractivity contribution in [2.75, 3.05) is 7.05 Å². The molecule has 0 radical (unpaired) electrons. The molecule has 0 saturated heterocycles. The quantitative estimate of drug-likeness (QED) is 0.875. The number of halogens is 2. The lowest BCUT2D eigenvalue weighted by molar-refractivity contribution is 0.560. The van der Waals surface area contributed by atoms with Crippen LogP contribution in [0, 0.1) is 5.82 Å². The highest BCUT2D eigenvalue weighted by atomic mass is 35.5. The van der Waals surface area contributed by atoms with Crippen LogP contribution in [0.25, 0.3) is 0 Å². The van der Waals surface area contributed by atoms with Crippen LogP contribution in [0.1, 0.15) is 33.3 Å². The number of likely N-dealkylation sites (N-methyl/N-ethyl adjacent to an activating group) is 1. The van der Waals surface area contributed by atoms with Crippen LogP contribution < -0.4 is 5.32 Å². The van der Waals surface area contributed by atoms with Gasteiger partial charge in [0.1, 0.15) is 5.82 Å². The predicted molar refractivity (Wildman–Crippen MR) is 83.3 cm³/mol. The SMILES string of the molecule is CNC(Cc1ccc(Cl)cc1F)c1cc2c(s1)CCC2. The summed E-state index contributed by atoms with van der Waals surface area (Å²) in [4.78, 5) is 2.82. The number of hydrogen-bond acceptors (Lipinski definition) is 2. The molecule has 0 fully saturated rings. The van der Waals surface area contributed by atoms with E-state index < -0.39 is 0 Å². The maximum absolute atomic E-state index is 13.9. The second-order valence-electron chi connectivity index (χ2n) is 5.23. The zero-order valence-electron chi connectivity index (χ0n) is 11.4. The van der Waals surface area contributed by atoms with Gasteiger partial charge in [0.15, 0.2) is 0 Å². The van der Waals surface area contributed by atoms with Crippen LogP contribution in [0.4, 0.5) is 4.39 Å². The molecule has 0 bridgehead atoms. The molecule has 0 aliphatic heterocycles. The van der Waals surface area contributed by atoms with Crippen LogP contribution in [0.2, 0.25) is 5.02 Å². The second kappa shape index (κ2) is 5.84. The molecule has 20 heavy (non-hydrogen) atoms. The number of thiophene rings is 1. The van der Waals surface area contributed by atoms with E-state index in [1.165, 1.54) is 40.6 Å². The van der Waals surface area contributed by atoms with E-state index in [1.54, 1.807) is 12.1 Å². The summed E-state index contributed by atoms with van der Waals surface area (Å²) in [7, 11) is 1.93. The Morgan fingerprint density at radius 3 is 2.90 bits per heavy atom. The van der Waals surface area contributed by atoms with E-state index in [9.17, 15) is 4.39 Å². The molecule has 1 nitrogen and oxygen atoms in total. The van der Waals surface area contributed by atoms with Gasteiger partial charge in [0.2, 0.25) is 0 Å². The fourth-order valence-corrected chi connectivity index (χ4v) is 4.30. The first-order chi connectivity index (χ1) is 9.67. The standard InChI is InChI=1S/C16H17ClFNS/c1-19-14(7-10-5-6-12(17)9-13(10)18)16-8-11-3-2-4-15(11)20-16/h5-6,8-9,14,19H,2-4,7H2,1H3. The molecule has 1 aromatic heterocycles. The van der Waals surface area contributed by atoms with Gasteiger partial charge in [-0.3, -0.25) is 0 Å². The summed E-state index contributed by atoms with van der Waals surface area (Å²) < 4.78 is 13.9. The highest BCUT2D eigenvalue weighted by molar-refractivity contribution is 7.12. The van der Waals surface area contributed by atoms with Crippen LogP contribution in [-0.4, -0.2) is 7.05 Å². The van der Waals surface area contributed by atoms with Crippen molar-refractivity contribution in [1.82, 2.24) is 5.32 Å². The van der Waals surface area contributed by atoms with Crippen LogP contribution in [0.3, 0.4) is 0 Å². The first-order valence-corrected chi connectivity index (χ1v) is 8.09. The molecule has 1 N–H and O–H groups in total. The van der Waals surface area contributed by atoms with E-state index in [1.807, 2.05) is 18.4 Å². The van der Waals surface area contributed by atoms with Crippen LogP contribution >= 0.6 is 22.9 Å². The van der Waals surface area contributed by atoms with E-state index in [4.69, 9.17) is 11.6 Å². The van der Waals surface area contributed by atoms with Crippen molar-refractivity contribution < 1.29 is 4.39 Å². The number of nitrogens with one attached hydrogen (secondary N) is 1. The maximum Gasteiger partial charge on any atom is 0.127 e. The van der Waals surface area contributed by atoms with Crippen molar-refractivity contribution in [3.8, 4) is 0 Å². The van der Waals surface area contributed by atoms with Crippen molar-refractivity contribution in [2.45, 2.75) is 31.7 Å². The molecule has 106 valence electrons. The van der Waals surface area contributed by atoms with Gasteiger partial charge in [0.05, 0.1) is 0 Å². The first-order valence-electron chi connectivity index (χ1n) is 6.90. The zero-order valence-corrected chi connectivity index (χ0v) is 13.0. The third kappa shape index (κ3) is 2.76. The highest BCUT2D eigenvalue weighted by Crippen LogP contribution is 2.35. The Morgan fingerprint density at radius 1 is 1.35 bits per heavy atom. The minimum absolute atomic E-state index is 0.168.